The van der Waals surface area contributed by atoms with Crippen molar-refractivity contribution < 1.29 is 18.7 Å². The number of amides is 2. The van der Waals surface area contributed by atoms with Gasteiger partial charge in [-0.15, -0.1) is 0 Å². The first-order valence-electron chi connectivity index (χ1n) is 8.01. The number of urea groups is 1. The Morgan fingerprint density at radius 1 is 1.17 bits per heavy atom. The molecule has 0 saturated heterocycles. The number of hydrogen-bond donors (Lipinski definition) is 2. The van der Waals surface area contributed by atoms with Crippen LogP contribution in [0.1, 0.15) is 38.5 Å². The molecule has 0 aromatic heterocycles. The number of rotatable bonds is 3. The van der Waals surface area contributed by atoms with Crippen LogP contribution in [0, 0.1) is 11.7 Å². The Labute approximate surface area is 135 Å². The van der Waals surface area contributed by atoms with E-state index >= 15 is 0 Å². The molecular formula is C17H23FN2O3. The second-order valence-electron chi connectivity index (χ2n) is 5.84. The molecule has 5 nitrogen and oxygen atoms in total. The van der Waals surface area contributed by atoms with Crippen molar-refractivity contribution in [3.63, 3.8) is 0 Å². The van der Waals surface area contributed by atoms with Gasteiger partial charge in [-0.3, -0.25) is 4.79 Å². The molecule has 0 radical (unpaired) electrons. The van der Waals surface area contributed by atoms with Crippen molar-refractivity contribution in [1.29, 1.82) is 0 Å². The molecule has 0 heterocycles. The zero-order chi connectivity index (χ0) is 16.7. The van der Waals surface area contributed by atoms with Crippen LogP contribution in [-0.4, -0.2) is 25.2 Å². The van der Waals surface area contributed by atoms with E-state index in [-0.39, 0.29) is 17.9 Å². The van der Waals surface area contributed by atoms with Gasteiger partial charge in [-0.2, -0.15) is 0 Å². The van der Waals surface area contributed by atoms with Gasteiger partial charge in [0.15, 0.2) is 0 Å². The van der Waals surface area contributed by atoms with E-state index in [2.05, 4.69) is 10.6 Å². The molecule has 1 fully saturated rings. The minimum absolute atomic E-state index is 0.267. The normalized spacial score (nSPS) is 21.7. The molecule has 2 rings (SSSR count). The number of carbonyl (C=O) groups is 2. The maximum Gasteiger partial charge on any atom is 0.319 e. The number of benzene rings is 1. The number of nitrogens with one attached hydrogen (secondary N) is 2. The van der Waals surface area contributed by atoms with Gasteiger partial charge in [-0.05, 0) is 31.0 Å². The zero-order valence-electron chi connectivity index (χ0n) is 13.3. The van der Waals surface area contributed by atoms with E-state index in [1.54, 1.807) is 6.07 Å². The second kappa shape index (κ2) is 8.50. The highest BCUT2D eigenvalue weighted by Gasteiger charge is 2.30. The van der Waals surface area contributed by atoms with Crippen molar-refractivity contribution in [2.75, 3.05) is 12.4 Å². The van der Waals surface area contributed by atoms with Crippen LogP contribution in [0.3, 0.4) is 0 Å². The number of carbonyl (C=O) groups excluding carboxylic acids is 2. The van der Waals surface area contributed by atoms with Crippen molar-refractivity contribution in [2.24, 2.45) is 5.92 Å². The Kier molecular flexibility index (Phi) is 6.38. The first-order valence-corrected chi connectivity index (χ1v) is 8.01. The summed E-state index contributed by atoms with van der Waals surface area (Å²) in [6, 6.07) is 4.99. The number of anilines is 1. The summed E-state index contributed by atoms with van der Waals surface area (Å²) in [6.07, 6.45) is 5.53. The predicted molar refractivity (Wildman–Crippen MR) is 85.6 cm³/mol. The van der Waals surface area contributed by atoms with Crippen LogP contribution in [0.4, 0.5) is 14.9 Å². The number of methoxy groups -OCH3 is 1. The second-order valence-corrected chi connectivity index (χ2v) is 5.84. The van der Waals surface area contributed by atoms with Crippen molar-refractivity contribution in [1.82, 2.24) is 5.32 Å². The number of halogens is 1. The van der Waals surface area contributed by atoms with Gasteiger partial charge in [-0.1, -0.05) is 31.7 Å². The molecular weight excluding hydrogens is 299 g/mol. The Hall–Kier alpha value is -2.11. The van der Waals surface area contributed by atoms with Crippen molar-refractivity contribution in [3.05, 3.63) is 30.1 Å². The van der Waals surface area contributed by atoms with E-state index in [1.807, 2.05) is 0 Å². The molecule has 0 bridgehead atoms. The summed E-state index contributed by atoms with van der Waals surface area (Å²) in [5.41, 5.74) is 0.378. The minimum atomic E-state index is -0.435. The van der Waals surface area contributed by atoms with Gasteiger partial charge in [0.2, 0.25) is 0 Å². The van der Waals surface area contributed by atoms with Crippen LogP contribution in [0.5, 0.6) is 0 Å². The molecule has 1 saturated carbocycles. The number of ether oxygens (including phenoxy) is 1. The lowest BCUT2D eigenvalue weighted by Crippen LogP contribution is -2.45. The lowest BCUT2D eigenvalue weighted by atomic mass is 9.87. The van der Waals surface area contributed by atoms with Crippen LogP contribution < -0.4 is 10.6 Å². The Morgan fingerprint density at radius 2 is 1.91 bits per heavy atom. The predicted octanol–water partition coefficient (Wildman–Crippen LogP) is 3.46. The Bertz CT molecular complexity index is 550. The highest BCUT2D eigenvalue weighted by atomic mass is 19.1. The van der Waals surface area contributed by atoms with Crippen LogP contribution in [0.15, 0.2) is 24.3 Å². The standard InChI is InChI=1S/C17H23FN2O3/c1-23-16(21)14-9-4-2-3-5-10-15(14)20-17(22)19-13-8-6-7-12(18)11-13/h6-8,11,14-15H,2-5,9-10H2,1H3,(H2,19,20,22)/t14-,15-/m0/s1. The minimum Gasteiger partial charge on any atom is -0.469 e. The molecule has 23 heavy (non-hydrogen) atoms. The highest BCUT2D eigenvalue weighted by Crippen LogP contribution is 2.24. The van der Waals surface area contributed by atoms with Gasteiger partial charge >= 0.3 is 12.0 Å². The van der Waals surface area contributed by atoms with Crippen LogP contribution in [0.2, 0.25) is 0 Å². The lowest BCUT2D eigenvalue weighted by Gasteiger charge is -2.28. The fourth-order valence-corrected chi connectivity index (χ4v) is 2.99. The fraction of sp³-hybridized carbons (Fsp3) is 0.529. The molecule has 0 unspecified atom stereocenters. The summed E-state index contributed by atoms with van der Waals surface area (Å²) < 4.78 is 18.0. The van der Waals surface area contributed by atoms with E-state index < -0.39 is 11.8 Å². The summed E-state index contributed by atoms with van der Waals surface area (Å²) >= 11 is 0. The molecule has 126 valence electrons. The summed E-state index contributed by atoms with van der Waals surface area (Å²) in [6.45, 7) is 0. The average Bonchev–Trinajstić information content (AvgIpc) is 2.49. The van der Waals surface area contributed by atoms with Gasteiger partial charge in [-0.25, -0.2) is 9.18 Å². The third-order valence-corrected chi connectivity index (χ3v) is 4.17. The first-order chi connectivity index (χ1) is 11.1. The van der Waals surface area contributed by atoms with E-state index in [4.69, 9.17) is 4.74 Å². The Morgan fingerprint density at radius 3 is 2.61 bits per heavy atom. The van der Waals surface area contributed by atoms with Gasteiger partial charge < -0.3 is 15.4 Å². The van der Waals surface area contributed by atoms with E-state index in [0.717, 1.165) is 32.1 Å². The number of hydrogen-bond acceptors (Lipinski definition) is 3. The quantitative estimate of drug-likeness (QED) is 0.838. The average molecular weight is 322 g/mol. The monoisotopic (exact) mass is 322 g/mol. The van der Waals surface area contributed by atoms with Gasteiger partial charge in [0, 0.05) is 11.7 Å². The molecule has 1 aliphatic carbocycles. The lowest BCUT2D eigenvalue weighted by molar-refractivity contribution is -0.146. The molecule has 2 atom stereocenters. The van der Waals surface area contributed by atoms with Crippen molar-refractivity contribution >= 4 is 17.7 Å². The van der Waals surface area contributed by atoms with E-state index in [0.29, 0.717) is 12.1 Å². The van der Waals surface area contributed by atoms with Crippen LogP contribution in [-0.2, 0) is 9.53 Å². The van der Waals surface area contributed by atoms with Gasteiger partial charge in [0.05, 0.1) is 13.0 Å². The van der Waals surface area contributed by atoms with E-state index in [1.165, 1.54) is 25.3 Å². The summed E-state index contributed by atoms with van der Waals surface area (Å²) in [4.78, 5) is 24.1. The molecule has 1 aromatic carbocycles. The summed E-state index contributed by atoms with van der Waals surface area (Å²) in [5, 5.41) is 5.45. The molecule has 1 aromatic rings. The van der Waals surface area contributed by atoms with Gasteiger partial charge in [0.1, 0.15) is 5.82 Å². The smallest absolute Gasteiger partial charge is 0.319 e. The molecule has 2 N–H and O–H groups in total. The molecule has 1 aliphatic rings. The molecule has 0 spiro atoms. The third-order valence-electron chi connectivity index (χ3n) is 4.17. The number of esters is 1. The van der Waals surface area contributed by atoms with Crippen molar-refractivity contribution in [2.45, 2.75) is 44.6 Å². The molecule has 2 amide bonds. The highest BCUT2D eigenvalue weighted by molar-refractivity contribution is 5.89. The molecule has 6 heteroatoms. The topological polar surface area (TPSA) is 67.4 Å². The molecule has 0 aliphatic heterocycles. The van der Waals surface area contributed by atoms with Gasteiger partial charge in [0.25, 0.3) is 0 Å². The zero-order valence-corrected chi connectivity index (χ0v) is 13.3. The largest absolute Gasteiger partial charge is 0.469 e. The van der Waals surface area contributed by atoms with Crippen LogP contribution in [0.25, 0.3) is 0 Å². The van der Waals surface area contributed by atoms with E-state index in [9.17, 15) is 14.0 Å². The van der Waals surface area contributed by atoms with Crippen LogP contribution >= 0.6 is 0 Å². The Balaban J connectivity index is 2.00. The summed E-state index contributed by atoms with van der Waals surface area (Å²) in [5.74, 6) is -1.04. The first kappa shape index (κ1) is 17.2. The summed E-state index contributed by atoms with van der Waals surface area (Å²) in [7, 11) is 1.37. The SMILES string of the molecule is COC(=O)[C@H]1CCCCCC[C@@H]1NC(=O)Nc1cccc(F)c1. The fourth-order valence-electron chi connectivity index (χ4n) is 2.99. The van der Waals surface area contributed by atoms with Crippen molar-refractivity contribution in [3.8, 4) is 0 Å². The maximum atomic E-state index is 13.2. The maximum absolute atomic E-state index is 13.2. The third kappa shape index (κ3) is 5.23.